The van der Waals surface area contributed by atoms with Crippen molar-refractivity contribution in [2.45, 2.75) is 46.5 Å². The highest BCUT2D eigenvalue weighted by atomic mass is 16.3. The Hall–Kier alpha value is -0.340. The summed E-state index contributed by atoms with van der Waals surface area (Å²) in [4.78, 5) is 0. The highest BCUT2D eigenvalue weighted by molar-refractivity contribution is 5.18. The average Bonchev–Trinajstić information content (AvgIpc) is 2.28. The summed E-state index contributed by atoms with van der Waals surface area (Å²) in [5, 5.41) is 19.5. The summed E-state index contributed by atoms with van der Waals surface area (Å²) in [5.41, 5.74) is 1.55. The first-order valence-electron chi connectivity index (χ1n) is 6.86. The summed E-state index contributed by atoms with van der Waals surface area (Å²) in [7, 11) is 0. The quantitative estimate of drug-likeness (QED) is 0.726. The van der Waals surface area contributed by atoms with Gasteiger partial charge in [-0.05, 0) is 42.9 Å². The molecule has 2 N–H and O–H groups in total. The number of rotatable bonds is 2. The third-order valence-corrected chi connectivity index (χ3v) is 5.67. The van der Waals surface area contributed by atoms with E-state index in [-0.39, 0.29) is 30.0 Å². The zero-order valence-corrected chi connectivity index (χ0v) is 11.4. The zero-order chi connectivity index (χ0) is 12.7. The Balaban J connectivity index is 2.39. The van der Waals surface area contributed by atoms with Crippen LogP contribution in [0.3, 0.4) is 0 Å². The Labute approximate surface area is 105 Å². The molecule has 2 aliphatic carbocycles. The van der Waals surface area contributed by atoms with Gasteiger partial charge in [-0.1, -0.05) is 31.9 Å². The Morgan fingerprint density at radius 3 is 2.59 bits per heavy atom. The molecule has 0 unspecified atom stereocenters. The van der Waals surface area contributed by atoms with E-state index in [0.29, 0.717) is 5.92 Å². The first kappa shape index (κ1) is 13.1. The average molecular weight is 238 g/mol. The van der Waals surface area contributed by atoms with Crippen molar-refractivity contribution < 1.29 is 10.2 Å². The van der Waals surface area contributed by atoms with Crippen LogP contribution in [0.4, 0.5) is 0 Å². The molecular formula is C15H26O2. The van der Waals surface area contributed by atoms with Crippen LogP contribution >= 0.6 is 0 Å². The minimum Gasteiger partial charge on any atom is -0.396 e. The van der Waals surface area contributed by atoms with Crippen molar-refractivity contribution in [2.24, 2.45) is 22.7 Å². The number of fused-ring (bicyclic) bond motifs is 1. The summed E-state index contributed by atoms with van der Waals surface area (Å²) in [6.07, 6.45) is 6.83. The minimum absolute atomic E-state index is 0.0393. The topological polar surface area (TPSA) is 40.5 Å². The molecule has 0 radical (unpaired) electrons. The predicted octanol–water partition coefficient (Wildman–Crippen LogP) is 2.75. The van der Waals surface area contributed by atoms with E-state index in [1.54, 1.807) is 0 Å². The molecule has 2 heteroatoms. The summed E-state index contributed by atoms with van der Waals surface area (Å²) in [6, 6.07) is 0. The van der Waals surface area contributed by atoms with Gasteiger partial charge in [-0.3, -0.25) is 0 Å². The predicted molar refractivity (Wildman–Crippen MR) is 69.6 cm³/mol. The first-order chi connectivity index (χ1) is 7.98. The van der Waals surface area contributed by atoms with E-state index in [2.05, 4.69) is 26.8 Å². The van der Waals surface area contributed by atoms with Gasteiger partial charge in [0, 0.05) is 12.5 Å². The van der Waals surface area contributed by atoms with Gasteiger partial charge in [0.1, 0.15) is 0 Å². The molecule has 2 nitrogen and oxygen atoms in total. The van der Waals surface area contributed by atoms with Crippen LogP contribution in [-0.2, 0) is 0 Å². The molecule has 4 atom stereocenters. The molecule has 0 heterocycles. The molecular weight excluding hydrogens is 212 g/mol. The highest BCUT2D eigenvalue weighted by Crippen LogP contribution is 2.59. The number of hydrogen-bond acceptors (Lipinski definition) is 2. The first-order valence-corrected chi connectivity index (χ1v) is 6.86. The fourth-order valence-electron chi connectivity index (χ4n) is 4.50. The van der Waals surface area contributed by atoms with Gasteiger partial charge in [-0.25, -0.2) is 0 Å². The summed E-state index contributed by atoms with van der Waals surface area (Å²) < 4.78 is 0. The zero-order valence-electron chi connectivity index (χ0n) is 11.4. The molecule has 1 fully saturated rings. The fourth-order valence-corrected chi connectivity index (χ4v) is 4.50. The van der Waals surface area contributed by atoms with Gasteiger partial charge >= 0.3 is 0 Å². The maximum Gasteiger partial charge on any atom is 0.0501 e. The molecule has 0 amide bonds. The Morgan fingerprint density at radius 1 is 1.29 bits per heavy atom. The molecule has 0 bridgehead atoms. The molecule has 0 spiro atoms. The van der Waals surface area contributed by atoms with E-state index >= 15 is 0 Å². The van der Waals surface area contributed by atoms with Crippen LogP contribution in [0.2, 0.25) is 0 Å². The van der Waals surface area contributed by atoms with Crippen LogP contribution in [0.25, 0.3) is 0 Å². The van der Waals surface area contributed by atoms with Crippen molar-refractivity contribution in [3.05, 3.63) is 11.6 Å². The molecule has 0 saturated heterocycles. The lowest BCUT2D eigenvalue weighted by Crippen LogP contribution is -2.51. The Morgan fingerprint density at radius 2 is 2.00 bits per heavy atom. The minimum atomic E-state index is 0.0393. The molecule has 0 aliphatic heterocycles. The van der Waals surface area contributed by atoms with Gasteiger partial charge in [0.15, 0.2) is 0 Å². The van der Waals surface area contributed by atoms with E-state index in [1.165, 1.54) is 18.4 Å². The van der Waals surface area contributed by atoms with Crippen molar-refractivity contribution in [1.29, 1.82) is 0 Å². The number of hydrogen-bond donors (Lipinski definition) is 2. The monoisotopic (exact) mass is 238 g/mol. The standard InChI is InChI=1S/C15H26O2/c1-11-5-6-13-14(2,10-17)7-4-8-15(13,3)12(11)9-16/h5,12-13,16-17H,4,6-10H2,1-3H3/t12-,13-,14+,15-/m1/s1. The van der Waals surface area contributed by atoms with Crippen LogP contribution in [0.1, 0.15) is 46.5 Å². The van der Waals surface area contributed by atoms with Crippen LogP contribution in [0.5, 0.6) is 0 Å². The third-order valence-electron chi connectivity index (χ3n) is 5.67. The van der Waals surface area contributed by atoms with Gasteiger partial charge in [0.2, 0.25) is 0 Å². The van der Waals surface area contributed by atoms with Crippen LogP contribution < -0.4 is 0 Å². The second kappa shape index (κ2) is 4.40. The van der Waals surface area contributed by atoms with E-state index in [0.717, 1.165) is 12.8 Å². The molecule has 0 aromatic carbocycles. The Kier molecular flexibility index (Phi) is 3.39. The van der Waals surface area contributed by atoms with Crippen molar-refractivity contribution >= 4 is 0 Å². The molecule has 2 aliphatic rings. The molecule has 98 valence electrons. The summed E-state index contributed by atoms with van der Waals surface area (Å²) in [6.45, 7) is 7.21. The number of aliphatic hydroxyl groups excluding tert-OH is 2. The number of allylic oxidation sites excluding steroid dienone is 1. The van der Waals surface area contributed by atoms with Gasteiger partial charge in [-0.15, -0.1) is 0 Å². The second-order valence-corrected chi connectivity index (χ2v) is 6.64. The summed E-state index contributed by atoms with van der Waals surface area (Å²) in [5.74, 6) is 0.794. The van der Waals surface area contributed by atoms with E-state index in [9.17, 15) is 10.2 Å². The molecule has 0 aromatic rings. The molecule has 2 rings (SSSR count). The second-order valence-electron chi connectivity index (χ2n) is 6.64. The third kappa shape index (κ3) is 1.86. The van der Waals surface area contributed by atoms with Gasteiger partial charge in [0.25, 0.3) is 0 Å². The molecule has 17 heavy (non-hydrogen) atoms. The lowest BCUT2D eigenvalue weighted by atomic mass is 9.48. The number of aliphatic hydroxyl groups is 2. The van der Waals surface area contributed by atoms with Gasteiger partial charge in [0.05, 0.1) is 6.61 Å². The van der Waals surface area contributed by atoms with Crippen LogP contribution in [0, 0.1) is 22.7 Å². The highest BCUT2D eigenvalue weighted by Gasteiger charge is 2.53. The molecule has 0 aromatic heterocycles. The van der Waals surface area contributed by atoms with E-state index < -0.39 is 0 Å². The maximum atomic E-state index is 9.75. The van der Waals surface area contributed by atoms with Gasteiger partial charge < -0.3 is 10.2 Å². The van der Waals surface area contributed by atoms with E-state index in [4.69, 9.17) is 0 Å². The van der Waals surface area contributed by atoms with Crippen LogP contribution in [-0.4, -0.2) is 23.4 Å². The Bertz CT molecular complexity index is 323. The summed E-state index contributed by atoms with van der Waals surface area (Å²) >= 11 is 0. The van der Waals surface area contributed by atoms with Crippen molar-refractivity contribution in [2.75, 3.05) is 13.2 Å². The molecule has 1 saturated carbocycles. The smallest absolute Gasteiger partial charge is 0.0501 e. The van der Waals surface area contributed by atoms with Crippen molar-refractivity contribution in [1.82, 2.24) is 0 Å². The SMILES string of the molecule is CC1=CC[C@@H]2[C@](C)(CO)CCC[C@]2(C)[C@@H]1CO. The van der Waals surface area contributed by atoms with Gasteiger partial charge in [-0.2, -0.15) is 0 Å². The maximum absolute atomic E-state index is 9.75. The van der Waals surface area contributed by atoms with Crippen molar-refractivity contribution in [3.63, 3.8) is 0 Å². The lowest BCUT2D eigenvalue weighted by molar-refractivity contribution is -0.0816. The van der Waals surface area contributed by atoms with E-state index in [1.807, 2.05) is 0 Å². The van der Waals surface area contributed by atoms with Crippen molar-refractivity contribution in [3.8, 4) is 0 Å². The fraction of sp³-hybridized carbons (Fsp3) is 0.867. The normalized spacial score (nSPS) is 46.3. The van der Waals surface area contributed by atoms with Crippen LogP contribution in [0.15, 0.2) is 11.6 Å². The largest absolute Gasteiger partial charge is 0.396 e. The lowest BCUT2D eigenvalue weighted by Gasteiger charge is -2.57.